The van der Waals surface area contributed by atoms with E-state index in [2.05, 4.69) is 62.6 Å². The van der Waals surface area contributed by atoms with Crippen LogP contribution in [0.2, 0.25) is 0 Å². The second-order valence-corrected chi connectivity index (χ2v) is 9.62. The topological polar surface area (TPSA) is 62.8 Å². The maximum Gasteiger partial charge on any atom is 0.0986 e. The molecule has 1 saturated carbocycles. The Morgan fingerprint density at radius 2 is 1.65 bits per heavy atom. The number of nitrogens with two attached hydrogens (primary N) is 1. The molecule has 168 valence electrons. The molecule has 2 unspecified atom stereocenters. The monoisotopic (exact) mass is 422 g/mol. The quantitative estimate of drug-likeness (QED) is 0.711. The van der Waals surface area contributed by atoms with Gasteiger partial charge in [-0.3, -0.25) is 9.80 Å². The molecular formula is C25H38N6. The number of nitriles is 1. The van der Waals surface area contributed by atoms with Crippen LogP contribution in [0, 0.1) is 23.2 Å². The smallest absolute Gasteiger partial charge is 0.0986 e. The molecule has 0 aromatic heterocycles. The van der Waals surface area contributed by atoms with E-state index in [0.717, 1.165) is 51.3 Å². The Morgan fingerprint density at radius 1 is 0.935 bits per heavy atom. The van der Waals surface area contributed by atoms with Gasteiger partial charge in [-0.2, -0.15) is 5.26 Å². The molecule has 1 aromatic rings. The van der Waals surface area contributed by atoms with E-state index in [1.54, 1.807) is 0 Å². The van der Waals surface area contributed by atoms with E-state index in [0.29, 0.717) is 25.0 Å². The van der Waals surface area contributed by atoms with Gasteiger partial charge < -0.3 is 15.5 Å². The predicted octanol–water partition coefficient (Wildman–Crippen LogP) is 3.03. The molecule has 0 amide bonds. The SMILES string of the molecule is C=C(N1CC(c2ccccc2)CN(CN)C1)N1CC(C2CCCCC2)CN(CC#N)C1. The summed E-state index contributed by atoms with van der Waals surface area (Å²) in [5.41, 5.74) is 7.44. The summed E-state index contributed by atoms with van der Waals surface area (Å²) in [5, 5.41) is 9.35. The number of benzene rings is 1. The molecule has 2 heterocycles. The van der Waals surface area contributed by atoms with Crippen LogP contribution in [0.25, 0.3) is 0 Å². The Balaban J connectivity index is 1.48. The van der Waals surface area contributed by atoms with Crippen molar-refractivity contribution in [1.82, 2.24) is 19.6 Å². The van der Waals surface area contributed by atoms with E-state index in [1.807, 2.05) is 0 Å². The summed E-state index contributed by atoms with van der Waals surface area (Å²) in [7, 11) is 0. The molecular weight excluding hydrogens is 384 g/mol. The van der Waals surface area contributed by atoms with Crippen LogP contribution in [0.4, 0.5) is 0 Å². The summed E-state index contributed by atoms with van der Waals surface area (Å²) in [6, 6.07) is 13.1. The molecule has 3 fully saturated rings. The van der Waals surface area contributed by atoms with Crippen molar-refractivity contribution in [2.24, 2.45) is 17.6 Å². The van der Waals surface area contributed by atoms with Crippen LogP contribution < -0.4 is 5.73 Å². The minimum Gasteiger partial charge on any atom is -0.345 e. The third kappa shape index (κ3) is 5.41. The van der Waals surface area contributed by atoms with Gasteiger partial charge in [0.05, 0.1) is 31.8 Å². The highest BCUT2D eigenvalue weighted by molar-refractivity contribution is 5.21. The molecule has 4 rings (SSSR count). The summed E-state index contributed by atoms with van der Waals surface area (Å²) in [6.07, 6.45) is 6.77. The zero-order chi connectivity index (χ0) is 21.6. The average molecular weight is 423 g/mol. The molecule has 2 aliphatic heterocycles. The van der Waals surface area contributed by atoms with Gasteiger partial charge in [-0.25, -0.2) is 0 Å². The van der Waals surface area contributed by atoms with Crippen LogP contribution in [-0.4, -0.2) is 72.3 Å². The largest absolute Gasteiger partial charge is 0.345 e. The van der Waals surface area contributed by atoms with Gasteiger partial charge in [-0.15, -0.1) is 0 Å². The summed E-state index contributed by atoms with van der Waals surface area (Å²) in [4.78, 5) is 9.46. The van der Waals surface area contributed by atoms with E-state index in [4.69, 9.17) is 5.73 Å². The second-order valence-electron chi connectivity index (χ2n) is 9.62. The van der Waals surface area contributed by atoms with Crippen molar-refractivity contribution < 1.29 is 0 Å². The zero-order valence-electron chi connectivity index (χ0n) is 18.8. The van der Waals surface area contributed by atoms with Crippen LogP contribution in [-0.2, 0) is 0 Å². The Morgan fingerprint density at radius 3 is 2.35 bits per heavy atom. The standard InChI is InChI=1S/C25H38N6/c1-21(31-17-25(15-29(18-27)20-31)23-10-6-3-7-11-23)30-16-24(14-28(19-30)13-12-26)22-8-4-2-5-9-22/h3,6-7,10-11,22,24-25H,1-2,4-5,8-9,13-20,27H2. The van der Waals surface area contributed by atoms with Crippen LogP contribution in [0.3, 0.4) is 0 Å². The zero-order valence-corrected chi connectivity index (χ0v) is 18.8. The van der Waals surface area contributed by atoms with Gasteiger partial charge >= 0.3 is 0 Å². The van der Waals surface area contributed by atoms with Crippen LogP contribution >= 0.6 is 0 Å². The van der Waals surface area contributed by atoms with E-state index < -0.39 is 0 Å². The van der Waals surface area contributed by atoms with Crippen molar-refractivity contribution in [2.75, 3.05) is 52.7 Å². The molecule has 0 spiro atoms. The third-order valence-electron chi connectivity index (χ3n) is 7.48. The van der Waals surface area contributed by atoms with Gasteiger partial charge in [0.25, 0.3) is 0 Å². The maximum atomic E-state index is 9.35. The highest BCUT2D eigenvalue weighted by Gasteiger charge is 2.35. The minimum absolute atomic E-state index is 0.421. The van der Waals surface area contributed by atoms with E-state index in [9.17, 15) is 5.26 Å². The molecule has 2 saturated heterocycles. The van der Waals surface area contributed by atoms with Crippen LogP contribution in [0.15, 0.2) is 42.7 Å². The van der Waals surface area contributed by atoms with Crippen LogP contribution in [0.5, 0.6) is 0 Å². The maximum absolute atomic E-state index is 9.35. The lowest BCUT2D eigenvalue weighted by molar-refractivity contribution is 0.00592. The summed E-state index contributed by atoms with van der Waals surface area (Å²) in [5.74, 6) is 2.91. The highest BCUT2D eigenvalue weighted by Crippen LogP contribution is 2.34. The van der Waals surface area contributed by atoms with Gasteiger partial charge in [0.15, 0.2) is 0 Å². The molecule has 6 heteroatoms. The van der Waals surface area contributed by atoms with Gasteiger partial charge in [0.2, 0.25) is 0 Å². The number of nitrogens with zero attached hydrogens (tertiary/aromatic N) is 5. The molecule has 1 aromatic carbocycles. The normalized spacial score (nSPS) is 26.6. The van der Waals surface area contributed by atoms with E-state index >= 15 is 0 Å². The average Bonchev–Trinajstić information content (AvgIpc) is 2.84. The van der Waals surface area contributed by atoms with E-state index in [-0.39, 0.29) is 0 Å². The fourth-order valence-electron chi connectivity index (χ4n) is 5.78. The van der Waals surface area contributed by atoms with Crippen molar-refractivity contribution >= 4 is 0 Å². The first-order valence-electron chi connectivity index (χ1n) is 11.9. The Labute approximate surface area is 187 Å². The summed E-state index contributed by atoms with van der Waals surface area (Å²) < 4.78 is 0. The lowest BCUT2D eigenvalue weighted by Crippen LogP contribution is -2.56. The molecule has 0 bridgehead atoms. The Kier molecular flexibility index (Phi) is 7.49. The molecule has 6 nitrogen and oxygen atoms in total. The fraction of sp³-hybridized carbons (Fsp3) is 0.640. The molecule has 3 aliphatic rings. The predicted molar refractivity (Wildman–Crippen MR) is 124 cm³/mol. The van der Waals surface area contributed by atoms with E-state index in [1.165, 1.54) is 37.7 Å². The van der Waals surface area contributed by atoms with Crippen molar-refractivity contribution in [2.45, 2.75) is 38.0 Å². The molecule has 0 radical (unpaired) electrons. The van der Waals surface area contributed by atoms with Gasteiger partial charge in [0, 0.05) is 38.8 Å². The lowest BCUT2D eigenvalue weighted by Gasteiger charge is -2.49. The number of rotatable bonds is 6. The first kappa shape index (κ1) is 22.1. The first-order chi connectivity index (χ1) is 15.2. The number of hydrogen-bond acceptors (Lipinski definition) is 6. The fourth-order valence-corrected chi connectivity index (χ4v) is 5.78. The second kappa shape index (κ2) is 10.5. The minimum atomic E-state index is 0.421. The molecule has 31 heavy (non-hydrogen) atoms. The Bertz CT molecular complexity index is 753. The molecule has 1 aliphatic carbocycles. The van der Waals surface area contributed by atoms with Crippen molar-refractivity contribution in [3.05, 3.63) is 48.3 Å². The molecule has 2 N–H and O–H groups in total. The summed E-state index contributed by atoms with van der Waals surface area (Å²) in [6.45, 7) is 11.3. The number of hydrogen-bond donors (Lipinski definition) is 1. The van der Waals surface area contributed by atoms with Crippen LogP contribution in [0.1, 0.15) is 43.6 Å². The molecule has 2 atom stereocenters. The first-order valence-corrected chi connectivity index (χ1v) is 11.9. The van der Waals surface area contributed by atoms with Crippen molar-refractivity contribution in [3.63, 3.8) is 0 Å². The van der Waals surface area contributed by atoms with Gasteiger partial charge in [-0.1, -0.05) is 69.0 Å². The summed E-state index contributed by atoms with van der Waals surface area (Å²) >= 11 is 0. The third-order valence-corrected chi connectivity index (χ3v) is 7.48. The Hall–Kier alpha value is -2.07. The van der Waals surface area contributed by atoms with Gasteiger partial charge in [-0.05, 0) is 17.4 Å². The van der Waals surface area contributed by atoms with Crippen molar-refractivity contribution in [3.8, 4) is 6.07 Å². The van der Waals surface area contributed by atoms with Gasteiger partial charge in [0.1, 0.15) is 0 Å². The lowest BCUT2D eigenvalue weighted by atomic mass is 9.79. The highest BCUT2D eigenvalue weighted by atomic mass is 15.5. The van der Waals surface area contributed by atoms with Crippen molar-refractivity contribution in [1.29, 1.82) is 5.26 Å².